The van der Waals surface area contributed by atoms with E-state index in [2.05, 4.69) is 86.2 Å². The van der Waals surface area contributed by atoms with Gasteiger partial charge in [0.15, 0.2) is 0 Å². The van der Waals surface area contributed by atoms with Gasteiger partial charge in [-0.05, 0) is 73.7 Å². The van der Waals surface area contributed by atoms with Crippen molar-refractivity contribution in [2.24, 2.45) is 0 Å². The predicted molar refractivity (Wildman–Crippen MR) is 95.1 cm³/mol. The lowest BCUT2D eigenvalue weighted by Crippen LogP contribution is -2.24. The molecule has 1 atom stereocenters. The van der Waals surface area contributed by atoms with Crippen LogP contribution in [-0.2, 0) is 0 Å². The van der Waals surface area contributed by atoms with E-state index in [4.69, 9.17) is 0 Å². The molecule has 2 rings (SSSR count). The van der Waals surface area contributed by atoms with E-state index < -0.39 is 0 Å². The summed E-state index contributed by atoms with van der Waals surface area (Å²) in [6.45, 7) is 11.9. The average Bonchev–Trinajstić information content (AvgIpc) is 2.44. The number of benzene rings is 2. The van der Waals surface area contributed by atoms with Crippen LogP contribution >= 0.6 is 15.9 Å². The molecule has 2 heteroatoms. The smallest absolute Gasteiger partial charge is 0.0582 e. The number of halogens is 1. The van der Waals surface area contributed by atoms with Crippen LogP contribution in [0.15, 0.2) is 34.8 Å². The van der Waals surface area contributed by atoms with E-state index >= 15 is 0 Å². The summed E-state index contributed by atoms with van der Waals surface area (Å²) >= 11 is 3.63. The molecule has 1 N–H and O–H groups in total. The van der Waals surface area contributed by atoms with Gasteiger partial charge in [0.1, 0.15) is 0 Å². The number of hydrogen-bond donors (Lipinski definition) is 1. The van der Waals surface area contributed by atoms with E-state index in [0.29, 0.717) is 0 Å². The summed E-state index contributed by atoms with van der Waals surface area (Å²) in [5.74, 6) is 0. The lowest BCUT2D eigenvalue weighted by molar-refractivity contribution is 0.624. The average molecular weight is 346 g/mol. The van der Waals surface area contributed by atoms with E-state index in [1.165, 1.54) is 37.9 Å². The van der Waals surface area contributed by atoms with E-state index in [-0.39, 0.29) is 6.04 Å². The topological polar surface area (TPSA) is 12.0 Å². The predicted octanol–water partition coefficient (Wildman–Crippen LogP) is 5.38. The highest BCUT2D eigenvalue weighted by Crippen LogP contribution is 2.31. The van der Waals surface area contributed by atoms with Crippen LogP contribution in [-0.4, -0.2) is 6.54 Å². The first-order chi connectivity index (χ1) is 9.95. The molecule has 0 amide bonds. The highest BCUT2D eigenvalue weighted by Gasteiger charge is 2.18. The van der Waals surface area contributed by atoms with Crippen LogP contribution in [0.1, 0.15) is 46.3 Å². The third-order valence-electron chi connectivity index (χ3n) is 4.22. The minimum atomic E-state index is 0.252. The van der Waals surface area contributed by atoms with Crippen molar-refractivity contribution in [3.63, 3.8) is 0 Å². The maximum absolute atomic E-state index is 3.66. The molecule has 1 unspecified atom stereocenters. The molecule has 21 heavy (non-hydrogen) atoms. The number of nitrogens with one attached hydrogen (secondary N) is 1. The van der Waals surface area contributed by atoms with Gasteiger partial charge in [-0.15, -0.1) is 0 Å². The van der Waals surface area contributed by atoms with Crippen molar-refractivity contribution in [1.82, 2.24) is 5.32 Å². The summed E-state index contributed by atoms with van der Waals surface area (Å²) in [4.78, 5) is 0. The normalized spacial score (nSPS) is 12.5. The van der Waals surface area contributed by atoms with Crippen LogP contribution in [0.25, 0.3) is 0 Å². The first kappa shape index (κ1) is 16.3. The van der Waals surface area contributed by atoms with Crippen molar-refractivity contribution < 1.29 is 0 Å². The second-order valence-corrected chi connectivity index (χ2v) is 6.59. The number of hydrogen-bond acceptors (Lipinski definition) is 1. The molecule has 0 heterocycles. The Balaban J connectivity index is 2.59. The summed E-state index contributed by atoms with van der Waals surface area (Å²) in [6, 6.07) is 11.4. The summed E-state index contributed by atoms with van der Waals surface area (Å²) in [5, 5.41) is 3.66. The van der Waals surface area contributed by atoms with Crippen LogP contribution in [0.2, 0.25) is 0 Å². The zero-order chi connectivity index (χ0) is 15.6. The minimum Gasteiger partial charge on any atom is -0.307 e. The number of rotatable bonds is 4. The molecule has 0 saturated carbocycles. The van der Waals surface area contributed by atoms with Crippen molar-refractivity contribution in [1.29, 1.82) is 0 Å². The Bertz CT molecular complexity index is 646. The van der Waals surface area contributed by atoms with Crippen LogP contribution in [0.3, 0.4) is 0 Å². The Labute approximate surface area is 136 Å². The fourth-order valence-corrected chi connectivity index (χ4v) is 3.25. The zero-order valence-electron chi connectivity index (χ0n) is 13.5. The Morgan fingerprint density at radius 2 is 1.67 bits per heavy atom. The molecule has 0 aliphatic rings. The highest BCUT2D eigenvalue weighted by molar-refractivity contribution is 9.10. The largest absolute Gasteiger partial charge is 0.307 e. The van der Waals surface area contributed by atoms with Gasteiger partial charge < -0.3 is 5.32 Å². The van der Waals surface area contributed by atoms with E-state index in [0.717, 1.165) is 6.54 Å². The molecule has 0 radical (unpaired) electrons. The van der Waals surface area contributed by atoms with Gasteiger partial charge in [0.25, 0.3) is 0 Å². The van der Waals surface area contributed by atoms with Gasteiger partial charge in [0.2, 0.25) is 0 Å². The summed E-state index contributed by atoms with van der Waals surface area (Å²) in [7, 11) is 0. The van der Waals surface area contributed by atoms with Crippen LogP contribution in [0.4, 0.5) is 0 Å². The second-order valence-electron chi connectivity index (χ2n) is 5.74. The van der Waals surface area contributed by atoms with Gasteiger partial charge in [-0.3, -0.25) is 0 Å². The molecule has 0 spiro atoms. The monoisotopic (exact) mass is 345 g/mol. The van der Waals surface area contributed by atoms with Gasteiger partial charge >= 0.3 is 0 Å². The highest BCUT2D eigenvalue weighted by atomic mass is 79.9. The Hall–Kier alpha value is -1.12. The molecule has 0 aromatic heterocycles. The zero-order valence-corrected chi connectivity index (χ0v) is 15.1. The molecule has 2 aromatic rings. The van der Waals surface area contributed by atoms with Crippen LogP contribution in [0, 0.1) is 27.7 Å². The molecule has 0 aliphatic carbocycles. The Kier molecular flexibility index (Phi) is 5.23. The molecule has 112 valence electrons. The minimum absolute atomic E-state index is 0.252. The summed E-state index contributed by atoms with van der Waals surface area (Å²) in [6.07, 6.45) is 0. The molecule has 2 aromatic carbocycles. The number of aryl methyl sites for hydroxylation is 3. The fourth-order valence-electron chi connectivity index (χ4n) is 2.79. The maximum atomic E-state index is 3.66. The third-order valence-corrected chi connectivity index (χ3v) is 5.08. The molecule has 1 nitrogen and oxygen atoms in total. The lowest BCUT2D eigenvalue weighted by atomic mass is 9.89. The van der Waals surface area contributed by atoms with Gasteiger partial charge in [0, 0.05) is 4.47 Å². The summed E-state index contributed by atoms with van der Waals surface area (Å²) < 4.78 is 1.18. The molecule has 0 bridgehead atoms. The molecular formula is C19H24BrN. The van der Waals surface area contributed by atoms with Crippen LogP contribution in [0.5, 0.6) is 0 Å². The quantitative estimate of drug-likeness (QED) is 0.783. The third kappa shape index (κ3) is 3.38. The van der Waals surface area contributed by atoms with Gasteiger partial charge in [-0.2, -0.15) is 0 Å². The Morgan fingerprint density at radius 3 is 2.33 bits per heavy atom. The summed E-state index contributed by atoms with van der Waals surface area (Å²) in [5.41, 5.74) is 8.07. The standard InChI is InChI=1S/C19H24BrN/c1-6-21-19(16-9-7-8-12(2)15(16)5)17-10-14(4)18(20)11-13(17)3/h7-11,19,21H,6H2,1-5H3. The van der Waals surface area contributed by atoms with E-state index in [1.54, 1.807) is 0 Å². The lowest BCUT2D eigenvalue weighted by Gasteiger charge is -2.24. The van der Waals surface area contributed by atoms with Crippen LogP contribution < -0.4 is 5.32 Å². The second kappa shape index (κ2) is 6.76. The van der Waals surface area contributed by atoms with Crippen molar-refractivity contribution in [2.75, 3.05) is 6.54 Å². The van der Waals surface area contributed by atoms with Crippen molar-refractivity contribution in [2.45, 2.75) is 40.7 Å². The van der Waals surface area contributed by atoms with E-state index in [9.17, 15) is 0 Å². The molecule has 0 saturated heterocycles. The molecule has 0 aliphatic heterocycles. The van der Waals surface area contributed by atoms with Gasteiger partial charge in [-0.1, -0.05) is 47.1 Å². The molecule has 0 fully saturated rings. The van der Waals surface area contributed by atoms with Gasteiger partial charge in [-0.25, -0.2) is 0 Å². The van der Waals surface area contributed by atoms with Crippen molar-refractivity contribution >= 4 is 15.9 Å². The SMILES string of the molecule is CCNC(c1cc(C)c(Br)cc1C)c1cccc(C)c1C. The first-order valence-electron chi connectivity index (χ1n) is 7.51. The first-order valence-corrected chi connectivity index (χ1v) is 8.31. The molecular weight excluding hydrogens is 322 g/mol. The maximum Gasteiger partial charge on any atom is 0.0582 e. The Morgan fingerprint density at radius 1 is 0.952 bits per heavy atom. The van der Waals surface area contributed by atoms with Gasteiger partial charge in [0.05, 0.1) is 6.04 Å². The van der Waals surface area contributed by atoms with E-state index in [1.807, 2.05) is 0 Å². The van der Waals surface area contributed by atoms with Crippen molar-refractivity contribution in [3.05, 3.63) is 68.2 Å². The van der Waals surface area contributed by atoms with Crippen molar-refractivity contribution in [3.8, 4) is 0 Å². The fraction of sp³-hybridized carbons (Fsp3) is 0.368.